The zero-order chi connectivity index (χ0) is 21.5. The maximum Gasteiger partial charge on any atom is 0.264 e. The van der Waals surface area contributed by atoms with Gasteiger partial charge in [0.15, 0.2) is 0 Å². The Labute approximate surface area is 178 Å². The SMILES string of the molecule is Cc1cc(NS(=O)(=O)c2ccccc2Cl)ncc1-c1cc(C)c2nc(N)ncc2n1. The van der Waals surface area contributed by atoms with E-state index in [1.807, 2.05) is 19.9 Å². The van der Waals surface area contributed by atoms with Gasteiger partial charge in [-0.05, 0) is 49.2 Å². The van der Waals surface area contributed by atoms with Crippen LogP contribution in [0.25, 0.3) is 22.3 Å². The van der Waals surface area contributed by atoms with E-state index in [9.17, 15) is 8.42 Å². The van der Waals surface area contributed by atoms with Gasteiger partial charge in [-0.15, -0.1) is 0 Å². The Morgan fingerprint density at radius 3 is 2.50 bits per heavy atom. The van der Waals surface area contributed by atoms with Crippen LogP contribution in [0, 0.1) is 13.8 Å². The lowest BCUT2D eigenvalue weighted by Crippen LogP contribution is -2.14. The van der Waals surface area contributed by atoms with Crippen LogP contribution < -0.4 is 10.5 Å². The molecule has 0 aliphatic rings. The first-order valence-electron chi connectivity index (χ1n) is 8.89. The first-order chi connectivity index (χ1) is 14.2. The van der Waals surface area contributed by atoms with Crippen LogP contribution in [-0.4, -0.2) is 28.4 Å². The number of anilines is 2. The van der Waals surface area contributed by atoms with E-state index < -0.39 is 10.0 Å². The zero-order valence-corrected chi connectivity index (χ0v) is 17.7. The van der Waals surface area contributed by atoms with Crippen LogP contribution in [0.4, 0.5) is 11.8 Å². The van der Waals surface area contributed by atoms with Crippen LogP contribution in [0.1, 0.15) is 11.1 Å². The Bertz CT molecular complexity index is 1390. The van der Waals surface area contributed by atoms with Crippen molar-refractivity contribution in [1.82, 2.24) is 19.9 Å². The molecule has 8 nitrogen and oxygen atoms in total. The molecule has 0 bridgehead atoms. The van der Waals surface area contributed by atoms with E-state index >= 15 is 0 Å². The second-order valence-electron chi connectivity index (χ2n) is 6.71. The smallest absolute Gasteiger partial charge is 0.264 e. The van der Waals surface area contributed by atoms with Gasteiger partial charge in [0.25, 0.3) is 10.0 Å². The largest absolute Gasteiger partial charge is 0.368 e. The minimum Gasteiger partial charge on any atom is -0.368 e. The number of sulfonamides is 1. The van der Waals surface area contributed by atoms with E-state index in [0.29, 0.717) is 16.7 Å². The number of aryl methyl sites for hydroxylation is 2. The van der Waals surface area contributed by atoms with Gasteiger partial charge in [0, 0.05) is 11.8 Å². The highest BCUT2D eigenvalue weighted by Gasteiger charge is 2.19. The minimum atomic E-state index is -3.87. The van der Waals surface area contributed by atoms with Crippen LogP contribution in [0.15, 0.2) is 53.7 Å². The van der Waals surface area contributed by atoms with Crippen molar-refractivity contribution in [3.8, 4) is 11.3 Å². The molecule has 0 radical (unpaired) electrons. The molecule has 30 heavy (non-hydrogen) atoms. The number of aromatic nitrogens is 4. The van der Waals surface area contributed by atoms with Gasteiger partial charge in [0.1, 0.15) is 16.2 Å². The number of nitrogens with one attached hydrogen (secondary N) is 1. The van der Waals surface area contributed by atoms with Gasteiger partial charge >= 0.3 is 0 Å². The molecular formula is C20H17ClN6O2S. The third-order valence-corrected chi connectivity index (χ3v) is 6.36. The Hall–Kier alpha value is -3.30. The van der Waals surface area contributed by atoms with Crippen LogP contribution in [0.3, 0.4) is 0 Å². The van der Waals surface area contributed by atoms with Crippen molar-refractivity contribution in [2.24, 2.45) is 0 Å². The number of nitrogens with two attached hydrogens (primary N) is 1. The van der Waals surface area contributed by atoms with Gasteiger partial charge in [-0.25, -0.2) is 28.4 Å². The third-order valence-electron chi connectivity index (χ3n) is 4.51. The van der Waals surface area contributed by atoms with E-state index in [-0.39, 0.29) is 21.7 Å². The van der Waals surface area contributed by atoms with Crippen LogP contribution in [0.5, 0.6) is 0 Å². The summed E-state index contributed by atoms with van der Waals surface area (Å²) in [4.78, 5) is 17.1. The highest BCUT2D eigenvalue weighted by molar-refractivity contribution is 7.92. The summed E-state index contributed by atoms with van der Waals surface area (Å²) < 4.78 is 27.7. The average Bonchev–Trinajstić information content (AvgIpc) is 2.68. The second-order valence-corrected chi connectivity index (χ2v) is 8.76. The fourth-order valence-corrected chi connectivity index (χ4v) is 4.59. The normalized spacial score (nSPS) is 11.6. The number of hydrogen-bond donors (Lipinski definition) is 2. The predicted octanol–water partition coefficient (Wildman–Crippen LogP) is 3.74. The molecule has 3 heterocycles. The Morgan fingerprint density at radius 1 is 1.00 bits per heavy atom. The Morgan fingerprint density at radius 2 is 1.77 bits per heavy atom. The summed E-state index contributed by atoms with van der Waals surface area (Å²) >= 11 is 6.02. The van der Waals surface area contributed by atoms with E-state index in [0.717, 1.165) is 16.7 Å². The quantitative estimate of drug-likeness (QED) is 0.495. The number of halogens is 1. The van der Waals surface area contributed by atoms with Gasteiger partial charge in [-0.1, -0.05) is 23.7 Å². The lowest BCUT2D eigenvalue weighted by Gasteiger charge is -2.12. The topological polar surface area (TPSA) is 124 Å². The predicted molar refractivity (Wildman–Crippen MR) is 117 cm³/mol. The van der Waals surface area contributed by atoms with E-state index in [1.54, 1.807) is 30.6 Å². The van der Waals surface area contributed by atoms with Gasteiger partial charge in [0.05, 0.1) is 22.4 Å². The summed E-state index contributed by atoms with van der Waals surface area (Å²) in [6.45, 7) is 3.76. The highest BCUT2D eigenvalue weighted by atomic mass is 35.5. The average molecular weight is 441 g/mol. The van der Waals surface area contributed by atoms with Crippen molar-refractivity contribution in [3.05, 3.63) is 64.9 Å². The molecule has 4 rings (SSSR count). The van der Waals surface area contributed by atoms with Crippen LogP contribution >= 0.6 is 11.6 Å². The summed E-state index contributed by atoms with van der Waals surface area (Å²) in [5.41, 5.74) is 10.1. The highest BCUT2D eigenvalue weighted by Crippen LogP contribution is 2.28. The summed E-state index contributed by atoms with van der Waals surface area (Å²) in [5.74, 6) is 0.373. The zero-order valence-electron chi connectivity index (χ0n) is 16.1. The maximum atomic E-state index is 12.6. The van der Waals surface area contributed by atoms with Crippen LogP contribution in [-0.2, 0) is 10.0 Å². The van der Waals surface area contributed by atoms with Gasteiger partial charge in [-0.2, -0.15) is 0 Å². The minimum absolute atomic E-state index is 0.0127. The number of fused-ring (bicyclic) bond motifs is 1. The summed E-state index contributed by atoms with van der Waals surface area (Å²) in [6, 6.07) is 9.74. The molecule has 0 atom stereocenters. The molecule has 0 aliphatic heterocycles. The number of hydrogen-bond acceptors (Lipinski definition) is 7. The lowest BCUT2D eigenvalue weighted by molar-refractivity contribution is 0.601. The first-order valence-corrected chi connectivity index (χ1v) is 10.7. The van der Waals surface area contributed by atoms with Gasteiger partial charge < -0.3 is 5.73 Å². The molecule has 152 valence electrons. The number of nitrogens with zero attached hydrogens (tertiary/aromatic N) is 4. The van der Waals surface area contributed by atoms with E-state index in [4.69, 9.17) is 17.3 Å². The van der Waals surface area contributed by atoms with E-state index in [2.05, 4.69) is 24.7 Å². The molecule has 0 fully saturated rings. The van der Waals surface area contributed by atoms with Gasteiger partial charge in [-0.3, -0.25) is 4.72 Å². The van der Waals surface area contributed by atoms with Crippen molar-refractivity contribution in [2.75, 3.05) is 10.5 Å². The first kappa shape index (κ1) is 20.0. The number of pyridine rings is 2. The van der Waals surface area contributed by atoms with Crippen molar-refractivity contribution in [1.29, 1.82) is 0 Å². The van der Waals surface area contributed by atoms with Crippen LogP contribution in [0.2, 0.25) is 5.02 Å². The summed E-state index contributed by atoms with van der Waals surface area (Å²) in [6.07, 6.45) is 3.15. The monoisotopic (exact) mass is 440 g/mol. The molecular weight excluding hydrogens is 424 g/mol. The molecule has 0 aliphatic carbocycles. The second kappa shape index (κ2) is 7.51. The van der Waals surface area contributed by atoms with Gasteiger partial charge in [0.2, 0.25) is 5.95 Å². The summed E-state index contributed by atoms with van der Waals surface area (Å²) in [7, 11) is -3.87. The third kappa shape index (κ3) is 3.77. The molecule has 0 amide bonds. The molecule has 0 unspecified atom stereocenters. The van der Waals surface area contributed by atoms with Crippen molar-refractivity contribution >= 4 is 44.4 Å². The fraction of sp³-hybridized carbons (Fsp3) is 0.100. The number of rotatable bonds is 4. The van der Waals surface area contributed by atoms with Crippen molar-refractivity contribution in [3.63, 3.8) is 0 Å². The molecule has 0 spiro atoms. The van der Waals surface area contributed by atoms with Crippen molar-refractivity contribution < 1.29 is 8.42 Å². The fourth-order valence-electron chi connectivity index (χ4n) is 3.07. The molecule has 3 N–H and O–H groups in total. The molecule has 10 heteroatoms. The molecule has 0 saturated heterocycles. The standard InChI is InChI=1S/C20H17ClN6O2S/c1-11-8-18(27-30(28,29)17-6-4-3-5-14(17)21)23-9-13(11)15-7-12(2)19-16(25-15)10-24-20(22)26-19/h3-10H,1-2H3,(H,23,27)(H2,22,24,26). The summed E-state index contributed by atoms with van der Waals surface area (Å²) in [5, 5.41) is 0.136. The maximum absolute atomic E-state index is 12.6. The van der Waals surface area contributed by atoms with E-state index in [1.165, 1.54) is 12.1 Å². The Kier molecular flexibility index (Phi) is 5.00. The lowest BCUT2D eigenvalue weighted by atomic mass is 10.1. The van der Waals surface area contributed by atoms with Crippen molar-refractivity contribution in [2.45, 2.75) is 18.7 Å². The number of nitrogen functional groups attached to an aromatic ring is 1. The molecule has 3 aromatic heterocycles. The molecule has 1 aromatic carbocycles. The molecule has 0 saturated carbocycles. The number of benzene rings is 1. The Balaban J connectivity index is 1.70. The molecule has 4 aromatic rings.